The number of fused-ring (bicyclic) bond motifs is 5. The van der Waals surface area contributed by atoms with E-state index in [9.17, 15) is 39.0 Å². The Hall–Kier alpha value is -3.05. The van der Waals surface area contributed by atoms with E-state index in [0.29, 0.717) is 32.1 Å². The van der Waals surface area contributed by atoms with Gasteiger partial charge in [-0.2, -0.15) is 0 Å². The van der Waals surface area contributed by atoms with Gasteiger partial charge >= 0.3 is 23.9 Å². The molecule has 0 saturated heterocycles. The van der Waals surface area contributed by atoms with E-state index in [4.69, 9.17) is 25.8 Å². The van der Waals surface area contributed by atoms with Crippen molar-refractivity contribution in [2.45, 2.75) is 141 Å². The molecule has 4 aliphatic carbocycles. The number of alkyl halides is 1. The van der Waals surface area contributed by atoms with Gasteiger partial charge in [0, 0.05) is 29.6 Å². The molecular formula is C38H53ClO11. The Balaban J connectivity index is 1.59. The Bertz CT molecular complexity index is 1420. The van der Waals surface area contributed by atoms with Crippen molar-refractivity contribution in [2.24, 2.45) is 28.6 Å². The maximum Gasteiger partial charge on any atom is 0.345 e. The van der Waals surface area contributed by atoms with E-state index in [0.717, 1.165) is 31.3 Å². The van der Waals surface area contributed by atoms with Crippen molar-refractivity contribution in [1.82, 2.24) is 0 Å². The van der Waals surface area contributed by atoms with Crippen LogP contribution in [0.25, 0.3) is 0 Å². The number of allylic oxidation sites excluding steroid dienone is 4. The molecule has 2 N–H and O–H groups in total. The number of carbonyl (C=O) groups is 6. The van der Waals surface area contributed by atoms with Gasteiger partial charge in [0.15, 0.2) is 18.0 Å². The molecular weight excluding hydrogens is 668 g/mol. The number of carboxylic acid groups (broad SMARTS) is 1. The summed E-state index contributed by atoms with van der Waals surface area (Å²) in [7, 11) is 0. The van der Waals surface area contributed by atoms with Crippen LogP contribution in [-0.4, -0.2) is 74.9 Å². The molecule has 4 aliphatic rings. The maximum atomic E-state index is 14.5. The normalized spacial score (nSPS) is 34.8. The van der Waals surface area contributed by atoms with E-state index in [-0.39, 0.29) is 36.9 Å². The van der Waals surface area contributed by atoms with Gasteiger partial charge in [0.05, 0.1) is 17.4 Å². The van der Waals surface area contributed by atoms with Gasteiger partial charge in [-0.25, -0.2) is 4.79 Å². The molecule has 0 aromatic rings. The molecule has 0 aliphatic heterocycles. The average Bonchev–Trinajstić information content (AvgIpc) is 3.27. The minimum atomic E-state index is -1.79. The molecule has 0 amide bonds. The van der Waals surface area contributed by atoms with Crippen molar-refractivity contribution in [3.05, 3.63) is 23.8 Å². The minimum Gasteiger partial charge on any atom is -0.478 e. The predicted octanol–water partition coefficient (Wildman–Crippen LogP) is 5.81. The lowest BCUT2D eigenvalue weighted by atomic mass is 9.45. The topological polar surface area (TPSA) is 171 Å². The number of halogens is 1. The van der Waals surface area contributed by atoms with Crippen LogP contribution >= 0.6 is 11.6 Å². The Morgan fingerprint density at radius 1 is 0.980 bits per heavy atom. The molecule has 0 heterocycles. The van der Waals surface area contributed by atoms with Gasteiger partial charge in [-0.05, 0) is 62.5 Å². The van der Waals surface area contributed by atoms with E-state index in [2.05, 4.69) is 0 Å². The van der Waals surface area contributed by atoms with Crippen molar-refractivity contribution in [3.63, 3.8) is 0 Å². The largest absolute Gasteiger partial charge is 0.478 e. The second-order valence-corrected chi connectivity index (χ2v) is 15.8. The van der Waals surface area contributed by atoms with Gasteiger partial charge in [-0.1, -0.05) is 72.0 Å². The molecule has 0 spiro atoms. The average molecular weight is 721 g/mol. The number of carboxylic acids is 1. The molecule has 278 valence electrons. The summed E-state index contributed by atoms with van der Waals surface area (Å²) in [6.07, 6.45) is 7.22. The van der Waals surface area contributed by atoms with Crippen LogP contribution in [0.2, 0.25) is 0 Å². The minimum absolute atomic E-state index is 0.00268. The summed E-state index contributed by atoms with van der Waals surface area (Å²) in [6, 6.07) is 0. The van der Waals surface area contributed by atoms with Gasteiger partial charge in [0.2, 0.25) is 11.9 Å². The van der Waals surface area contributed by atoms with Crippen LogP contribution < -0.4 is 0 Å². The molecule has 0 radical (unpaired) electrons. The Labute approximate surface area is 299 Å². The lowest BCUT2D eigenvalue weighted by Gasteiger charge is -2.64. The second-order valence-electron chi connectivity index (χ2n) is 15.1. The predicted molar refractivity (Wildman–Crippen MR) is 183 cm³/mol. The lowest BCUT2D eigenvalue weighted by molar-refractivity contribution is -0.204. The molecule has 3 saturated carbocycles. The third-order valence-electron chi connectivity index (χ3n) is 12.1. The highest BCUT2D eigenvalue weighted by Crippen LogP contribution is 2.72. The summed E-state index contributed by atoms with van der Waals surface area (Å²) in [6.45, 7) is 8.71. The van der Waals surface area contributed by atoms with Crippen LogP contribution in [0.1, 0.15) is 118 Å². The lowest BCUT2D eigenvalue weighted by Crippen LogP contribution is -2.69. The summed E-state index contributed by atoms with van der Waals surface area (Å²) in [5, 5.41) is 21.6. The van der Waals surface area contributed by atoms with E-state index in [1.165, 1.54) is 6.08 Å². The number of aliphatic carboxylic acids is 1. The monoisotopic (exact) mass is 720 g/mol. The summed E-state index contributed by atoms with van der Waals surface area (Å²) in [5.41, 5.74) is -2.86. The quantitative estimate of drug-likeness (QED) is 0.0853. The highest BCUT2D eigenvalue weighted by Gasteiger charge is 2.76. The van der Waals surface area contributed by atoms with Crippen LogP contribution in [-0.2, 0) is 43.0 Å². The Kier molecular flexibility index (Phi) is 12.5. The first-order valence-electron chi connectivity index (χ1n) is 18.2. The van der Waals surface area contributed by atoms with E-state index >= 15 is 0 Å². The molecule has 9 unspecified atom stereocenters. The number of aliphatic hydroxyl groups excluding tert-OH is 1. The van der Waals surface area contributed by atoms with E-state index in [1.807, 2.05) is 34.6 Å². The van der Waals surface area contributed by atoms with Crippen LogP contribution in [0.5, 0.6) is 0 Å². The first kappa shape index (κ1) is 39.7. The SMILES string of the molecule is CCCCCCC(=O)OC(CC(=O)OCC(=O)C1(OC(=O)CCCC)C(C)CC2C3CCC4=CC(=O)C=CC4(C)C3(Cl)C(O)CC21C)C(=O)O. The molecule has 11 nitrogen and oxygen atoms in total. The zero-order chi connectivity index (χ0) is 37.1. The highest BCUT2D eigenvalue weighted by atomic mass is 35.5. The van der Waals surface area contributed by atoms with E-state index < -0.39 is 82.1 Å². The van der Waals surface area contributed by atoms with Crippen LogP contribution in [0.4, 0.5) is 0 Å². The van der Waals surface area contributed by atoms with Gasteiger partial charge in [-0.3, -0.25) is 24.0 Å². The molecule has 50 heavy (non-hydrogen) atoms. The summed E-state index contributed by atoms with van der Waals surface area (Å²) >= 11 is 7.57. The molecule has 3 fully saturated rings. The number of Topliss-reactive ketones (excluding diaryl/α,β-unsaturated/α-hetero) is 1. The second kappa shape index (κ2) is 15.7. The van der Waals surface area contributed by atoms with Crippen molar-refractivity contribution >= 4 is 47.0 Å². The van der Waals surface area contributed by atoms with Gasteiger partial charge in [0.1, 0.15) is 0 Å². The Morgan fingerprint density at radius 3 is 2.32 bits per heavy atom. The van der Waals surface area contributed by atoms with E-state index in [1.54, 1.807) is 12.2 Å². The zero-order valence-corrected chi connectivity index (χ0v) is 30.7. The number of ketones is 2. The Morgan fingerprint density at radius 2 is 1.66 bits per heavy atom. The van der Waals surface area contributed by atoms with Crippen molar-refractivity contribution in [2.75, 3.05) is 6.61 Å². The molecule has 0 aromatic heterocycles. The number of hydrogen-bond acceptors (Lipinski definition) is 10. The molecule has 0 aromatic carbocycles. The fourth-order valence-electron chi connectivity index (χ4n) is 9.51. The maximum absolute atomic E-state index is 14.5. The number of esters is 3. The molecule has 9 atom stereocenters. The summed E-state index contributed by atoms with van der Waals surface area (Å²) in [5.74, 6) is -5.86. The first-order valence-corrected chi connectivity index (χ1v) is 18.5. The standard InChI is InChI=1S/C38H53ClO11/c1-6-8-10-11-13-31(43)49-28(34(46)47)20-33(45)48-22-30(42)38(50-32(44)12-9-7-2)23(3)18-27-26-15-14-24-19-25(40)16-17-35(24,4)37(26,39)29(41)21-36(27,38)5/h16-17,19,23,26-29,41H,6-15,18,20-22H2,1-5H3,(H,46,47). The third-order valence-corrected chi connectivity index (χ3v) is 13.0. The molecule has 12 heteroatoms. The number of carbonyl (C=O) groups excluding carboxylic acids is 5. The number of ether oxygens (including phenoxy) is 3. The zero-order valence-electron chi connectivity index (χ0n) is 30.0. The third kappa shape index (κ3) is 7.05. The number of aliphatic hydroxyl groups is 1. The van der Waals surface area contributed by atoms with Crippen LogP contribution in [0, 0.1) is 28.6 Å². The van der Waals surface area contributed by atoms with Gasteiger partial charge in [0.25, 0.3) is 0 Å². The van der Waals surface area contributed by atoms with Crippen LogP contribution in [0.3, 0.4) is 0 Å². The highest BCUT2D eigenvalue weighted by molar-refractivity contribution is 6.26. The number of hydrogen-bond donors (Lipinski definition) is 2. The smallest absolute Gasteiger partial charge is 0.345 e. The summed E-state index contributed by atoms with van der Waals surface area (Å²) < 4.78 is 16.6. The molecule has 4 rings (SSSR count). The first-order chi connectivity index (χ1) is 23.5. The van der Waals surface area contributed by atoms with Gasteiger partial charge < -0.3 is 24.4 Å². The van der Waals surface area contributed by atoms with Crippen molar-refractivity contribution < 1.29 is 53.2 Å². The number of unbranched alkanes of at least 4 members (excludes halogenated alkanes) is 4. The fourth-order valence-corrected chi connectivity index (χ4v) is 10.0. The van der Waals surface area contributed by atoms with Crippen LogP contribution in [0.15, 0.2) is 23.8 Å². The van der Waals surface area contributed by atoms with Crippen molar-refractivity contribution in [1.29, 1.82) is 0 Å². The fraction of sp³-hybridized carbons (Fsp3) is 0.737. The molecule has 0 bridgehead atoms. The summed E-state index contributed by atoms with van der Waals surface area (Å²) in [4.78, 5) is 75.9. The van der Waals surface area contributed by atoms with Crippen molar-refractivity contribution in [3.8, 4) is 0 Å². The van der Waals surface area contributed by atoms with Gasteiger partial charge in [-0.15, -0.1) is 11.6 Å². The number of rotatable bonds is 16.